The van der Waals surface area contributed by atoms with Crippen molar-refractivity contribution in [2.75, 3.05) is 12.3 Å². The lowest BCUT2D eigenvalue weighted by Crippen LogP contribution is -2.36. The first-order valence-corrected chi connectivity index (χ1v) is 6.03. The number of nitrogens with two attached hydrogens (primary N) is 1. The third-order valence-electron chi connectivity index (χ3n) is 3.03. The van der Waals surface area contributed by atoms with Crippen molar-refractivity contribution in [3.05, 3.63) is 23.5 Å². The maximum Gasteiger partial charge on any atom is 0.419 e. The zero-order valence-corrected chi connectivity index (χ0v) is 10.2. The van der Waals surface area contributed by atoms with Gasteiger partial charge in [-0.3, -0.25) is 4.98 Å². The van der Waals surface area contributed by atoms with Crippen LogP contribution in [-0.2, 0) is 6.18 Å². The highest BCUT2D eigenvalue weighted by Crippen LogP contribution is 2.36. The molecule has 1 aromatic rings. The second kappa shape index (κ2) is 4.93. The van der Waals surface area contributed by atoms with Gasteiger partial charge in [0, 0.05) is 23.5 Å². The average Bonchev–Trinajstić information content (AvgIpc) is 2.27. The Hall–Kier alpha value is -1.01. The number of piperidine rings is 1. The predicted octanol–water partition coefficient (Wildman–Crippen LogP) is 2.71. The summed E-state index contributed by atoms with van der Waals surface area (Å²) in [4.78, 5) is 3.86. The van der Waals surface area contributed by atoms with Crippen LogP contribution in [0.1, 0.15) is 30.0 Å². The highest BCUT2D eigenvalue weighted by molar-refractivity contribution is 6.20. The molecule has 2 rings (SSSR count). The number of nitrogen functional groups attached to an aromatic ring is 1. The highest BCUT2D eigenvalue weighted by Gasteiger charge is 2.34. The van der Waals surface area contributed by atoms with E-state index in [4.69, 9.17) is 17.3 Å². The Bertz CT molecular complexity index is 436. The molecule has 18 heavy (non-hydrogen) atoms. The maximum atomic E-state index is 12.5. The molecule has 0 amide bonds. The summed E-state index contributed by atoms with van der Waals surface area (Å²) < 4.78 is 37.6. The quantitative estimate of drug-likeness (QED) is 0.614. The third-order valence-corrected chi connectivity index (χ3v) is 3.49. The molecule has 1 aromatic heterocycles. The number of pyridine rings is 1. The van der Waals surface area contributed by atoms with Gasteiger partial charge in [0.05, 0.1) is 11.1 Å². The van der Waals surface area contributed by atoms with Gasteiger partial charge in [-0.25, -0.2) is 0 Å². The van der Waals surface area contributed by atoms with E-state index in [2.05, 4.69) is 10.3 Å². The molecule has 100 valence electrons. The fourth-order valence-electron chi connectivity index (χ4n) is 2.08. The number of aromatic nitrogens is 1. The van der Waals surface area contributed by atoms with Crippen LogP contribution in [0.15, 0.2) is 12.3 Å². The molecule has 3 nitrogen and oxygen atoms in total. The van der Waals surface area contributed by atoms with Crippen molar-refractivity contribution in [3.8, 4) is 0 Å². The lowest BCUT2D eigenvalue weighted by molar-refractivity contribution is -0.137. The van der Waals surface area contributed by atoms with E-state index in [9.17, 15) is 13.2 Å². The molecule has 0 aliphatic carbocycles. The number of rotatable bonds is 1. The van der Waals surface area contributed by atoms with Crippen LogP contribution in [0.25, 0.3) is 0 Å². The summed E-state index contributed by atoms with van der Waals surface area (Å²) in [5.74, 6) is -0.106. The molecule has 0 unspecified atom stereocenters. The normalized spacial score (nSPS) is 25.1. The summed E-state index contributed by atoms with van der Waals surface area (Å²) in [7, 11) is 0. The summed E-state index contributed by atoms with van der Waals surface area (Å²) in [5, 5.41) is 3.06. The van der Waals surface area contributed by atoms with Gasteiger partial charge >= 0.3 is 6.18 Å². The van der Waals surface area contributed by atoms with Gasteiger partial charge in [-0.05, 0) is 25.5 Å². The van der Waals surface area contributed by atoms with E-state index >= 15 is 0 Å². The van der Waals surface area contributed by atoms with Gasteiger partial charge in [0.1, 0.15) is 0 Å². The number of nitrogens with zero attached hydrogens (tertiary/aromatic N) is 1. The van der Waals surface area contributed by atoms with Crippen molar-refractivity contribution in [1.82, 2.24) is 10.3 Å². The van der Waals surface area contributed by atoms with E-state index in [1.807, 2.05) is 0 Å². The Balaban J connectivity index is 2.28. The van der Waals surface area contributed by atoms with Crippen molar-refractivity contribution < 1.29 is 13.2 Å². The minimum absolute atomic E-state index is 0.106. The molecule has 0 bridgehead atoms. The van der Waals surface area contributed by atoms with Crippen LogP contribution in [0.4, 0.5) is 18.9 Å². The molecule has 7 heteroatoms. The van der Waals surface area contributed by atoms with Crippen LogP contribution in [0, 0.1) is 0 Å². The molecule has 0 saturated carbocycles. The molecule has 1 aliphatic heterocycles. The molecular formula is C11H13ClF3N3. The van der Waals surface area contributed by atoms with Crippen molar-refractivity contribution in [2.45, 2.75) is 30.4 Å². The first-order chi connectivity index (χ1) is 8.39. The Morgan fingerprint density at radius 1 is 1.44 bits per heavy atom. The van der Waals surface area contributed by atoms with Gasteiger partial charge in [0.15, 0.2) is 0 Å². The number of alkyl halides is 4. The zero-order valence-electron chi connectivity index (χ0n) is 9.47. The number of nitrogens with one attached hydrogen (secondary N) is 1. The second-order valence-corrected chi connectivity index (χ2v) is 4.77. The SMILES string of the molecule is Nc1cc([C@H]2CCCN[C@@H]2Cl)ncc1C(F)(F)F. The van der Waals surface area contributed by atoms with E-state index in [1.165, 1.54) is 6.07 Å². The second-order valence-electron chi connectivity index (χ2n) is 4.30. The number of hydrogen-bond acceptors (Lipinski definition) is 3. The van der Waals surface area contributed by atoms with E-state index in [0.717, 1.165) is 25.6 Å². The molecule has 1 saturated heterocycles. The van der Waals surface area contributed by atoms with Crippen LogP contribution in [-0.4, -0.2) is 17.0 Å². The maximum absolute atomic E-state index is 12.5. The standard InChI is InChI=1S/C11H13ClF3N3/c12-10-6(2-1-3-17-10)9-4-8(16)7(5-18-9)11(13,14)15/h4-6,10,17H,1-3H2,(H2,16,18)/t6-,10+/m1/s1. The van der Waals surface area contributed by atoms with Crippen molar-refractivity contribution >= 4 is 17.3 Å². The number of anilines is 1. The van der Waals surface area contributed by atoms with E-state index in [-0.39, 0.29) is 17.1 Å². The minimum Gasteiger partial charge on any atom is -0.398 e. The molecule has 0 radical (unpaired) electrons. The Morgan fingerprint density at radius 3 is 2.72 bits per heavy atom. The van der Waals surface area contributed by atoms with Gasteiger partial charge in [-0.15, -0.1) is 11.6 Å². The van der Waals surface area contributed by atoms with Gasteiger partial charge in [0.2, 0.25) is 0 Å². The summed E-state index contributed by atoms with van der Waals surface area (Å²) in [5.41, 5.74) is 4.42. The smallest absolute Gasteiger partial charge is 0.398 e. The zero-order chi connectivity index (χ0) is 13.3. The number of hydrogen-bond donors (Lipinski definition) is 2. The van der Waals surface area contributed by atoms with Gasteiger partial charge < -0.3 is 11.1 Å². The van der Waals surface area contributed by atoms with Gasteiger partial charge in [0.25, 0.3) is 0 Å². The van der Waals surface area contributed by atoms with Gasteiger partial charge in [-0.1, -0.05) is 0 Å². The molecule has 1 aliphatic rings. The van der Waals surface area contributed by atoms with Crippen molar-refractivity contribution in [2.24, 2.45) is 0 Å². The van der Waals surface area contributed by atoms with Crippen LogP contribution >= 0.6 is 11.6 Å². The van der Waals surface area contributed by atoms with E-state index in [0.29, 0.717) is 5.69 Å². The summed E-state index contributed by atoms with van der Waals surface area (Å²) in [6.07, 6.45) is -1.99. The minimum atomic E-state index is -4.47. The summed E-state index contributed by atoms with van der Waals surface area (Å²) >= 11 is 6.09. The van der Waals surface area contributed by atoms with Gasteiger partial charge in [-0.2, -0.15) is 13.2 Å². The lowest BCUT2D eigenvalue weighted by atomic mass is 9.94. The molecule has 3 N–H and O–H groups in total. The Labute approximate surface area is 108 Å². The van der Waals surface area contributed by atoms with Crippen LogP contribution in [0.2, 0.25) is 0 Å². The van der Waals surface area contributed by atoms with Crippen molar-refractivity contribution in [1.29, 1.82) is 0 Å². The molecule has 2 heterocycles. The Kier molecular flexibility index (Phi) is 3.68. The summed E-state index contributed by atoms with van der Waals surface area (Å²) in [6, 6.07) is 1.27. The van der Waals surface area contributed by atoms with E-state index < -0.39 is 11.7 Å². The first-order valence-electron chi connectivity index (χ1n) is 5.59. The fourth-order valence-corrected chi connectivity index (χ4v) is 2.44. The van der Waals surface area contributed by atoms with Crippen LogP contribution in [0.3, 0.4) is 0 Å². The Morgan fingerprint density at radius 2 is 2.17 bits per heavy atom. The predicted molar refractivity (Wildman–Crippen MR) is 63.3 cm³/mol. The molecule has 0 spiro atoms. The van der Waals surface area contributed by atoms with Crippen LogP contribution in [0.5, 0.6) is 0 Å². The largest absolute Gasteiger partial charge is 0.419 e. The first kappa shape index (κ1) is 13.4. The average molecular weight is 280 g/mol. The number of halogens is 4. The molecule has 1 fully saturated rings. The van der Waals surface area contributed by atoms with Crippen molar-refractivity contribution in [3.63, 3.8) is 0 Å². The van der Waals surface area contributed by atoms with Crippen LogP contribution < -0.4 is 11.1 Å². The molecule has 2 atom stereocenters. The third kappa shape index (κ3) is 2.70. The summed E-state index contributed by atoms with van der Waals surface area (Å²) in [6.45, 7) is 0.806. The molecular weight excluding hydrogens is 267 g/mol. The monoisotopic (exact) mass is 279 g/mol. The topological polar surface area (TPSA) is 50.9 Å². The fraction of sp³-hybridized carbons (Fsp3) is 0.545. The highest BCUT2D eigenvalue weighted by atomic mass is 35.5. The lowest BCUT2D eigenvalue weighted by Gasteiger charge is -2.28. The van der Waals surface area contributed by atoms with E-state index in [1.54, 1.807) is 0 Å². The molecule has 0 aromatic carbocycles.